The van der Waals surface area contributed by atoms with Gasteiger partial charge in [0, 0.05) is 16.4 Å². The van der Waals surface area contributed by atoms with E-state index in [1.165, 1.54) is 17.4 Å². The zero-order valence-electron chi connectivity index (χ0n) is 11.4. The first-order valence-corrected chi connectivity index (χ1v) is 7.99. The number of halogens is 1. The second kappa shape index (κ2) is 5.69. The predicted octanol–water partition coefficient (Wildman–Crippen LogP) is 4.00. The molecule has 1 aromatic heterocycles. The summed E-state index contributed by atoms with van der Waals surface area (Å²) in [6.45, 7) is 6.22. The fraction of sp³-hybridized carbons (Fsp3) is 0.286. The van der Waals surface area contributed by atoms with Crippen LogP contribution in [-0.4, -0.2) is 16.0 Å². The van der Waals surface area contributed by atoms with Crippen LogP contribution in [-0.2, 0) is 5.41 Å². The van der Waals surface area contributed by atoms with E-state index < -0.39 is 0 Å². The number of amides is 1. The molecule has 0 spiro atoms. The van der Waals surface area contributed by atoms with Gasteiger partial charge in [0.1, 0.15) is 5.75 Å². The van der Waals surface area contributed by atoms with Gasteiger partial charge in [0.05, 0.1) is 9.26 Å². The second-order valence-electron chi connectivity index (χ2n) is 5.41. The molecule has 1 amide bonds. The maximum atomic E-state index is 12.1. The fourth-order valence-electron chi connectivity index (χ4n) is 1.50. The van der Waals surface area contributed by atoms with Crippen LogP contribution in [0.2, 0.25) is 0 Å². The molecular weight excluding hydrogens is 387 g/mol. The third kappa shape index (κ3) is 3.49. The zero-order chi connectivity index (χ0) is 14.9. The Balaban J connectivity index is 2.15. The molecule has 0 radical (unpaired) electrons. The van der Waals surface area contributed by atoms with E-state index in [4.69, 9.17) is 0 Å². The topological polar surface area (TPSA) is 62.2 Å². The molecule has 1 aromatic carbocycles. The maximum absolute atomic E-state index is 12.1. The van der Waals surface area contributed by atoms with Crippen molar-refractivity contribution in [1.29, 1.82) is 0 Å². The third-order valence-electron chi connectivity index (χ3n) is 2.70. The largest absolute Gasteiger partial charge is 0.507 e. The molecule has 0 unspecified atom stereocenters. The van der Waals surface area contributed by atoms with Gasteiger partial charge in [0.2, 0.25) is 0 Å². The lowest BCUT2D eigenvalue weighted by atomic mass is 9.93. The van der Waals surface area contributed by atoms with Crippen molar-refractivity contribution in [3.05, 3.63) is 38.4 Å². The molecule has 2 aromatic rings. The lowest BCUT2D eigenvalue weighted by Gasteiger charge is -2.14. The van der Waals surface area contributed by atoms with E-state index in [0.717, 1.165) is 5.69 Å². The summed E-state index contributed by atoms with van der Waals surface area (Å²) in [5.41, 5.74) is 1.32. The van der Waals surface area contributed by atoms with E-state index in [2.05, 4.69) is 31.1 Å². The Labute approximate surface area is 135 Å². The number of hydrogen-bond donors (Lipinski definition) is 2. The van der Waals surface area contributed by atoms with Crippen LogP contribution in [0.4, 0.5) is 5.13 Å². The Morgan fingerprint density at radius 2 is 2.10 bits per heavy atom. The van der Waals surface area contributed by atoms with Crippen molar-refractivity contribution in [2.45, 2.75) is 26.2 Å². The number of benzene rings is 1. The van der Waals surface area contributed by atoms with Crippen molar-refractivity contribution in [3.8, 4) is 5.75 Å². The Morgan fingerprint density at radius 3 is 2.65 bits per heavy atom. The van der Waals surface area contributed by atoms with Crippen LogP contribution in [0.1, 0.15) is 36.8 Å². The van der Waals surface area contributed by atoms with E-state index >= 15 is 0 Å². The van der Waals surface area contributed by atoms with Crippen molar-refractivity contribution in [2.75, 3.05) is 5.32 Å². The van der Waals surface area contributed by atoms with Gasteiger partial charge in [-0.15, -0.1) is 11.3 Å². The molecule has 0 aliphatic carbocycles. The highest BCUT2D eigenvalue weighted by Gasteiger charge is 2.18. The molecule has 0 saturated heterocycles. The van der Waals surface area contributed by atoms with Crippen LogP contribution in [0.3, 0.4) is 0 Å². The van der Waals surface area contributed by atoms with E-state index in [1.54, 1.807) is 12.1 Å². The predicted molar refractivity (Wildman–Crippen MR) is 89.6 cm³/mol. The third-order valence-corrected chi connectivity index (χ3v) is 4.37. The highest BCUT2D eigenvalue weighted by molar-refractivity contribution is 14.1. The average Bonchev–Trinajstić information content (AvgIpc) is 2.81. The van der Waals surface area contributed by atoms with E-state index in [1.807, 2.05) is 28.0 Å². The average molecular weight is 402 g/mol. The van der Waals surface area contributed by atoms with Gasteiger partial charge in [-0.3, -0.25) is 10.1 Å². The number of nitrogens with zero attached hydrogens (tertiary/aromatic N) is 1. The second-order valence-corrected chi connectivity index (χ2v) is 7.43. The number of anilines is 1. The lowest BCUT2D eigenvalue weighted by Crippen LogP contribution is -2.14. The van der Waals surface area contributed by atoms with Gasteiger partial charge in [0.15, 0.2) is 5.13 Å². The highest BCUT2D eigenvalue weighted by Crippen LogP contribution is 2.27. The first-order valence-electron chi connectivity index (χ1n) is 6.03. The standard InChI is InChI=1S/C14H15IN2O2S/c1-14(2,3)11-7-20-13(16-11)17-12(19)8-4-5-9(15)10(18)6-8/h4-7,18H,1-3H3,(H,16,17,19). The SMILES string of the molecule is CC(C)(C)c1csc(NC(=O)c2ccc(I)c(O)c2)n1. The molecule has 0 fully saturated rings. The van der Waals surface area contributed by atoms with Gasteiger partial charge in [-0.1, -0.05) is 20.8 Å². The molecule has 0 atom stereocenters. The normalized spacial score (nSPS) is 11.4. The van der Waals surface area contributed by atoms with Gasteiger partial charge in [-0.05, 0) is 40.8 Å². The number of phenolic OH excluding ortho intramolecular Hbond substituents is 1. The first-order chi connectivity index (χ1) is 9.27. The summed E-state index contributed by atoms with van der Waals surface area (Å²) >= 11 is 3.41. The number of thiazole rings is 1. The summed E-state index contributed by atoms with van der Waals surface area (Å²) < 4.78 is 0.711. The van der Waals surface area contributed by atoms with Gasteiger partial charge < -0.3 is 5.11 Å². The van der Waals surface area contributed by atoms with Crippen LogP contribution in [0.25, 0.3) is 0 Å². The quantitative estimate of drug-likeness (QED) is 0.747. The summed E-state index contributed by atoms with van der Waals surface area (Å²) in [6.07, 6.45) is 0. The van der Waals surface area contributed by atoms with Crippen molar-refractivity contribution < 1.29 is 9.90 Å². The molecule has 106 valence electrons. The number of aromatic nitrogens is 1. The van der Waals surface area contributed by atoms with Gasteiger partial charge in [-0.2, -0.15) is 0 Å². The summed E-state index contributed by atoms with van der Waals surface area (Å²) in [5.74, 6) is -0.167. The molecule has 1 heterocycles. The maximum Gasteiger partial charge on any atom is 0.257 e. The number of hydrogen-bond acceptors (Lipinski definition) is 4. The highest BCUT2D eigenvalue weighted by atomic mass is 127. The van der Waals surface area contributed by atoms with Crippen molar-refractivity contribution in [3.63, 3.8) is 0 Å². The Hall–Kier alpha value is -1.15. The van der Waals surface area contributed by atoms with Gasteiger partial charge >= 0.3 is 0 Å². The number of aromatic hydroxyl groups is 1. The van der Waals surface area contributed by atoms with Crippen LogP contribution < -0.4 is 5.32 Å². The summed E-state index contributed by atoms with van der Waals surface area (Å²) in [7, 11) is 0. The number of nitrogens with one attached hydrogen (secondary N) is 1. The van der Waals surface area contributed by atoms with E-state index in [9.17, 15) is 9.90 Å². The van der Waals surface area contributed by atoms with Crippen LogP contribution in [0, 0.1) is 3.57 Å². The molecule has 4 nitrogen and oxygen atoms in total. The molecule has 20 heavy (non-hydrogen) atoms. The number of carbonyl (C=O) groups excluding carboxylic acids is 1. The molecule has 6 heteroatoms. The Morgan fingerprint density at radius 1 is 1.40 bits per heavy atom. The molecule has 0 aliphatic rings. The molecule has 2 N–H and O–H groups in total. The van der Waals surface area contributed by atoms with Crippen LogP contribution in [0.5, 0.6) is 5.75 Å². The Bertz CT molecular complexity index is 647. The zero-order valence-corrected chi connectivity index (χ0v) is 14.4. The monoisotopic (exact) mass is 402 g/mol. The molecular formula is C14H15IN2O2S. The van der Waals surface area contributed by atoms with Crippen molar-refractivity contribution in [2.24, 2.45) is 0 Å². The first kappa shape index (κ1) is 15.2. The van der Waals surface area contributed by atoms with E-state index in [0.29, 0.717) is 14.3 Å². The van der Waals surface area contributed by atoms with Crippen molar-refractivity contribution >= 4 is 45.0 Å². The van der Waals surface area contributed by atoms with Crippen molar-refractivity contribution in [1.82, 2.24) is 4.98 Å². The number of phenols is 1. The molecule has 0 bridgehead atoms. The smallest absolute Gasteiger partial charge is 0.257 e. The number of rotatable bonds is 2. The van der Waals surface area contributed by atoms with Crippen LogP contribution in [0.15, 0.2) is 23.6 Å². The molecule has 0 aliphatic heterocycles. The van der Waals surface area contributed by atoms with Gasteiger partial charge in [-0.25, -0.2) is 4.98 Å². The fourth-order valence-corrected chi connectivity index (χ4v) is 2.77. The minimum absolute atomic E-state index is 0.0411. The minimum atomic E-state index is -0.272. The minimum Gasteiger partial charge on any atom is -0.507 e. The molecule has 2 rings (SSSR count). The summed E-state index contributed by atoms with van der Waals surface area (Å²) in [5, 5.41) is 14.9. The molecule has 0 saturated carbocycles. The Kier molecular flexibility index (Phi) is 4.33. The van der Waals surface area contributed by atoms with Crippen LogP contribution >= 0.6 is 33.9 Å². The lowest BCUT2D eigenvalue weighted by molar-refractivity contribution is 0.102. The number of carbonyl (C=O) groups is 1. The van der Waals surface area contributed by atoms with Gasteiger partial charge in [0.25, 0.3) is 5.91 Å². The summed E-state index contributed by atoms with van der Waals surface area (Å²) in [6, 6.07) is 4.83. The summed E-state index contributed by atoms with van der Waals surface area (Å²) in [4.78, 5) is 16.5. The van der Waals surface area contributed by atoms with E-state index in [-0.39, 0.29) is 17.1 Å².